The topological polar surface area (TPSA) is 89.2 Å². The lowest BCUT2D eigenvalue weighted by Gasteiger charge is -2.35. The van der Waals surface area contributed by atoms with Crippen LogP contribution in [0, 0.1) is 0 Å². The summed E-state index contributed by atoms with van der Waals surface area (Å²) in [6.45, 7) is 3.00. The number of fused-ring (bicyclic) bond motifs is 1. The summed E-state index contributed by atoms with van der Waals surface area (Å²) in [4.78, 5) is 29.6. The highest BCUT2D eigenvalue weighted by Gasteiger charge is 2.22. The summed E-state index contributed by atoms with van der Waals surface area (Å²) in [6.07, 6.45) is 1.63. The maximum absolute atomic E-state index is 12.8. The Morgan fingerprint density at radius 3 is 2.38 bits per heavy atom. The highest BCUT2D eigenvalue weighted by Crippen LogP contribution is 2.23. The molecule has 1 fully saturated rings. The Kier molecular flexibility index (Phi) is 5.42. The second kappa shape index (κ2) is 8.52. The smallest absolute Gasteiger partial charge is 0.292 e. The number of hydrogen-bond acceptors (Lipinski definition) is 7. The summed E-state index contributed by atoms with van der Waals surface area (Å²) in [5, 5.41) is 13.2. The van der Waals surface area contributed by atoms with Crippen LogP contribution < -0.4 is 16.0 Å². The summed E-state index contributed by atoms with van der Waals surface area (Å²) >= 11 is 6.43. The number of nitrogens with zero attached hydrogens (tertiary/aromatic N) is 7. The van der Waals surface area contributed by atoms with E-state index in [2.05, 4.69) is 20.3 Å². The lowest BCUT2D eigenvalue weighted by atomic mass is 10.2. The first-order valence-corrected chi connectivity index (χ1v) is 10.6. The fraction of sp³-hybridized carbons (Fsp3) is 0.227. The molecule has 0 atom stereocenters. The number of halogens is 1. The Morgan fingerprint density at radius 2 is 1.59 bits per heavy atom. The Labute approximate surface area is 188 Å². The second-order valence-corrected chi connectivity index (χ2v) is 7.93. The third kappa shape index (κ3) is 3.76. The van der Waals surface area contributed by atoms with Crippen molar-refractivity contribution in [1.29, 1.82) is 0 Å². The standard InChI is InChI=1S/C22H20ClN7O2/c23-20-19(14-24-30(22(20)32)16-6-2-1-3-7-16)28-12-10-27(11-13-28)15-29-21(31)17-8-4-5-9-18(17)25-26-29/h1-9,14H,10-13,15H2. The predicted molar refractivity (Wildman–Crippen MR) is 122 cm³/mol. The highest BCUT2D eigenvalue weighted by molar-refractivity contribution is 6.33. The van der Waals surface area contributed by atoms with Gasteiger partial charge < -0.3 is 4.90 Å². The first-order chi connectivity index (χ1) is 15.6. The molecule has 0 amide bonds. The number of hydrogen-bond donors (Lipinski definition) is 0. The van der Waals surface area contributed by atoms with E-state index >= 15 is 0 Å². The molecule has 4 aromatic rings. The zero-order chi connectivity index (χ0) is 22.1. The van der Waals surface area contributed by atoms with E-state index in [9.17, 15) is 9.59 Å². The predicted octanol–water partition coefficient (Wildman–Crippen LogP) is 1.77. The van der Waals surface area contributed by atoms with Crippen molar-refractivity contribution in [2.24, 2.45) is 0 Å². The van der Waals surface area contributed by atoms with E-state index in [4.69, 9.17) is 11.6 Å². The second-order valence-electron chi connectivity index (χ2n) is 7.55. The monoisotopic (exact) mass is 449 g/mol. The molecule has 1 saturated heterocycles. The average molecular weight is 450 g/mol. The molecule has 5 rings (SSSR count). The minimum absolute atomic E-state index is 0.147. The van der Waals surface area contributed by atoms with Gasteiger partial charge in [0.1, 0.15) is 10.5 Å². The molecule has 2 aromatic heterocycles. The Balaban J connectivity index is 1.30. The third-order valence-electron chi connectivity index (χ3n) is 5.58. The van der Waals surface area contributed by atoms with Gasteiger partial charge in [-0.15, -0.1) is 5.10 Å². The fourth-order valence-electron chi connectivity index (χ4n) is 3.83. The largest absolute Gasteiger partial charge is 0.366 e. The SMILES string of the molecule is O=c1c2ccccc2nnn1CN1CCN(c2cnn(-c3ccccc3)c(=O)c2Cl)CC1. The van der Waals surface area contributed by atoms with Gasteiger partial charge in [-0.3, -0.25) is 14.5 Å². The molecule has 0 saturated carbocycles. The molecular formula is C22H20ClN7O2. The van der Waals surface area contributed by atoms with Crippen molar-refractivity contribution in [3.8, 4) is 5.69 Å². The summed E-state index contributed by atoms with van der Waals surface area (Å²) in [5.41, 5.74) is 1.36. The Bertz CT molecular complexity index is 1380. The van der Waals surface area contributed by atoms with Crippen molar-refractivity contribution in [3.05, 3.63) is 86.5 Å². The molecule has 1 aliphatic heterocycles. The molecule has 9 nitrogen and oxygen atoms in total. The van der Waals surface area contributed by atoms with Crippen LogP contribution in [0.1, 0.15) is 0 Å². The maximum Gasteiger partial charge on any atom is 0.292 e. The quantitative estimate of drug-likeness (QED) is 0.469. The minimum atomic E-state index is -0.351. The number of piperazine rings is 1. The molecular weight excluding hydrogens is 430 g/mol. The van der Waals surface area contributed by atoms with E-state index in [1.165, 1.54) is 9.36 Å². The molecule has 0 aliphatic carbocycles. The molecule has 10 heteroatoms. The van der Waals surface area contributed by atoms with E-state index in [0.29, 0.717) is 55.1 Å². The third-order valence-corrected chi connectivity index (χ3v) is 5.93. The average Bonchev–Trinajstić information content (AvgIpc) is 2.84. The van der Waals surface area contributed by atoms with Crippen LogP contribution in [0.25, 0.3) is 16.6 Å². The summed E-state index contributed by atoms with van der Waals surface area (Å²) in [5.74, 6) is 0. The number of aromatic nitrogens is 5. The lowest BCUT2D eigenvalue weighted by Crippen LogP contribution is -2.48. The van der Waals surface area contributed by atoms with Gasteiger partial charge in [0.15, 0.2) is 0 Å². The van der Waals surface area contributed by atoms with Gasteiger partial charge in [-0.05, 0) is 24.3 Å². The Morgan fingerprint density at radius 1 is 0.875 bits per heavy atom. The Hall–Kier alpha value is -3.56. The number of anilines is 1. The molecule has 0 unspecified atom stereocenters. The van der Waals surface area contributed by atoms with Gasteiger partial charge in [0.05, 0.1) is 29.6 Å². The van der Waals surface area contributed by atoms with Gasteiger partial charge in [-0.2, -0.15) is 14.5 Å². The molecule has 1 aliphatic rings. The molecule has 0 N–H and O–H groups in total. The van der Waals surface area contributed by atoms with Crippen LogP contribution in [0.2, 0.25) is 5.02 Å². The summed E-state index contributed by atoms with van der Waals surface area (Å²) in [6, 6.07) is 16.4. The normalized spacial score (nSPS) is 14.7. The molecule has 162 valence electrons. The number of para-hydroxylation sites is 1. The van der Waals surface area contributed by atoms with Crippen LogP contribution in [0.5, 0.6) is 0 Å². The van der Waals surface area contributed by atoms with Crippen LogP contribution in [0.3, 0.4) is 0 Å². The minimum Gasteiger partial charge on any atom is -0.366 e. The molecule has 2 aromatic carbocycles. The van der Waals surface area contributed by atoms with E-state index in [1.54, 1.807) is 30.5 Å². The van der Waals surface area contributed by atoms with Crippen LogP contribution in [0.15, 0.2) is 70.4 Å². The van der Waals surface area contributed by atoms with Crippen LogP contribution >= 0.6 is 11.6 Å². The number of benzene rings is 2. The molecule has 0 bridgehead atoms. The lowest BCUT2D eigenvalue weighted by molar-refractivity contribution is 0.189. The van der Waals surface area contributed by atoms with E-state index < -0.39 is 0 Å². The van der Waals surface area contributed by atoms with Crippen molar-refractivity contribution in [1.82, 2.24) is 29.7 Å². The van der Waals surface area contributed by atoms with Crippen LogP contribution in [0.4, 0.5) is 5.69 Å². The van der Waals surface area contributed by atoms with Crippen molar-refractivity contribution in [2.45, 2.75) is 6.67 Å². The van der Waals surface area contributed by atoms with Gasteiger partial charge in [0.2, 0.25) is 0 Å². The van der Waals surface area contributed by atoms with Crippen molar-refractivity contribution < 1.29 is 0 Å². The highest BCUT2D eigenvalue weighted by atomic mass is 35.5. The first kappa shape index (κ1) is 20.3. The molecule has 32 heavy (non-hydrogen) atoms. The van der Waals surface area contributed by atoms with E-state index in [-0.39, 0.29) is 16.1 Å². The zero-order valence-electron chi connectivity index (χ0n) is 17.1. The molecule has 3 heterocycles. The van der Waals surface area contributed by atoms with Gasteiger partial charge in [0.25, 0.3) is 11.1 Å². The van der Waals surface area contributed by atoms with E-state index in [1.807, 2.05) is 35.2 Å². The van der Waals surface area contributed by atoms with Gasteiger partial charge in [-0.1, -0.05) is 47.1 Å². The van der Waals surface area contributed by atoms with Gasteiger partial charge >= 0.3 is 0 Å². The maximum atomic E-state index is 12.8. The van der Waals surface area contributed by atoms with Crippen molar-refractivity contribution in [2.75, 3.05) is 31.1 Å². The van der Waals surface area contributed by atoms with Crippen molar-refractivity contribution in [3.63, 3.8) is 0 Å². The molecule has 0 spiro atoms. The first-order valence-electron chi connectivity index (χ1n) is 10.2. The number of rotatable bonds is 4. The van der Waals surface area contributed by atoms with Gasteiger partial charge in [0, 0.05) is 26.2 Å². The van der Waals surface area contributed by atoms with Crippen LogP contribution in [-0.2, 0) is 6.67 Å². The van der Waals surface area contributed by atoms with Gasteiger partial charge in [-0.25, -0.2) is 0 Å². The van der Waals surface area contributed by atoms with Crippen molar-refractivity contribution >= 4 is 28.2 Å². The van der Waals surface area contributed by atoms with Crippen LogP contribution in [-0.4, -0.2) is 55.9 Å². The van der Waals surface area contributed by atoms with E-state index in [0.717, 1.165) is 0 Å². The summed E-state index contributed by atoms with van der Waals surface area (Å²) in [7, 11) is 0. The summed E-state index contributed by atoms with van der Waals surface area (Å²) < 4.78 is 2.68. The zero-order valence-corrected chi connectivity index (χ0v) is 17.9. The molecule has 0 radical (unpaired) electrons. The fourth-order valence-corrected chi connectivity index (χ4v) is 4.08.